The maximum Gasteiger partial charge on any atom is 0.267 e. The third-order valence-corrected chi connectivity index (χ3v) is 6.34. The Labute approximate surface area is 211 Å². The predicted octanol–water partition coefficient (Wildman–Crippen LogP) is 3.28. The summed E-state index contributed by atoms with van der Waals surface area (Å²) in [6, 6.07) is 15.0. The molecule has 2 aromatic carbocycles. The summed E-state index contributed by atoms with van der Waals surface area (Å²) in [6.07, 6.45) is 4.57. The number of hydrogen-bond donors (Lipinski definition) is 2. The van der Waals surface area contributed by atoms with E-state index in [1.807, 2.05) is 24.4 Å². The maximum absolute atomic E-state index is 13.3. The van der Waals surface area contributed by atoms with E-state index in [1.54, 1.807) is 30.3 Å². The normalized spacial score (nSPS) is 14.6. The number of fused-ring (bicyclic) bond motifs is 1. The lowest BCUT2D eigenvalue weighted by Crippen LogP contribution is -2.39. The first-order valence-electron chi connectivity index (χ1n) is 12.4. The SMILES string of the molecule is CCn1cc(/C=C(\NC(=O)c2ccccc2OC)C(=O)NCCCN2CCOCC2)c2ccccc21. The minimum absolute atomic E-state index is 0.191. The Balaban J connectivity index is 1.55. The van der Waals surface area contributed by atoms with Crippen molar-refractivity contribution in [2.45, 2.75) is 19.9 Å². The topological polar surface area (TPSA) is 84.8 Å². The number of hydrogen-bond acceptors (Lipinski definition) is 5. The molecule has 2 N–H and O–H groups in total. The van der Waals surface area contributed by atoms with E-state index < -0.39 is 5.91 Å². The molecule has 1 saturated heterocycles. The van der Waals surface area contributed by atoms with E-state index in [0.29, 0.717) is 17.9 Å². The van der Waals surface area contributed by atoms with Gasteiger partial charge in [0.15, 0.2) is 0 Å². The molecule has 8 nitrogen and oxygen atoms in total. The van der Waals surface area contributed by atoms with Crippen molar-refractivity contribution in [3.8, 4) is 5.75 Å². The Morgan fingerprint density at radius 2 is 1.83 bits per heavy atom. The summed E-state index contributed by atoms with van der Waals surface area (Å²) in [5.74, 6) is -0.280. The monoisotopic (exact) mass is 490 g/mol. The number of para-hydroxylation sites is 2. The molecule has 1 aliphatic rings. The smallest absolute Gasteiger partial charge is 0.267 e. The molecule has 3 aromatic rings. The Morgan fingerprint density at radius 3 is 2.61 bits per heavy atom. The summed E-state index contributed by atoms with van der Waals surface area (Å²) in [7, 11) is 1.52. The summed E-state index contributed by atoms with van der Waals surface area (Å²) in [5, 5.41) is 6.83. The zero-order valence-corrected chi connectivity index (χ0v) is 21.0. The third kappa shape index (κ3) is 6.13. The summed E-state index contributed by atoms with van der Waals surface area (Å²) in [5.41, 5.74) is 2.50. The molecule has 1 fully saturated rings. The first-order valence-corrected chi connectivity index (χ1v) is 12.4. The summed E-state index contributed by atoms with van der Waals surface area (Å²) >= 11 is 0. The van der Waals surface area contributed by atoms with E-state index >= 15 is 0 Å². The highest BCUT2D eigenvalue weighted by Gasteiger charge is 2.19. The molecule has 0 saturated carbocycles. The summed E-state index contributed by atoms with van der Waals surface area (Å²) < 4.78 is 12.9. The fourth-order valence-corrected chi connectivity index (χ4v) is 4.41. The van der Waals surface area contributed by atoms with Gasteiger partial charge in [0.25, 0.3) is 11.8 Å². The molecule has 0 radical (unpaired) electrons. The Kier molecular flexibility index (Phi) is 8.76. The fourth-order valence-electron chi connectivity index (χ4n) is 4.41. The molecule has 4 rings (SSSR count). The number of methoxy groups -OCH3 is 1. The van der Waals surface area contributed by atoms with Gasteiger partial charge in [-0.05, 0) is 44.2 Å². The number of aryl methyl sites for hydroxylation is 1. The molecule has 0 unspecified atom stereocenters. The van der Waals surface area contributed by atoms with Crippen LogP contribution in [-0.4, -0.2) is 67.8 Å². The van der Waals surface area contributed by atoms with E-state index in [2.05, 4.69) is 33.1 Å². The molecule has 0 spiro atoms. The van der Waals surface area contributed by atoms with Crippen molar-refractivity contribution >= 4 is 28.8 Å². The van der Waals surface area contributed by atoms with Gasteiger partial charge in [0.1, 0.15) is 11.4 Å². The van der Waals surface area contributed by atoms with E-state index in [9.17, 15) is 9.59 Å². The van der Waals surface area contributed by atoms with Gasteiger partial charge in [-0.25, -0.2) is 0 Å². The lowest BCUT2D eigenvalue weighted by atomic mass is 10.1. The Hall–Kier alpha value is -3.62. The van der Waals surface area contributed by atoms with Gasteiger partial charge in [-0.15, -0.1) is 0 Å². The van der Waals surface area contributed by atoms with E-state index in [4.69, 9.17) is 9.47 Å². The number of amides is 2. The molecule has 0 atom stereocenters. The van der Waals surface area contributed by atoms with E-state index in [1.165, 1.54) is 7.11 Å². The second kappa shape index (κ2) is 12.4. The third-order valence-electron chi connectivity index (χ3n) is 6.34. The molecule has 1 aromatic heterocycles. The van der Waals surface area contributed by atoms with Crippen LogP contribution in [0.4, 0.5) is 0 Å². The van der Waals surface area contributed by atoms with Crippen molar-refractivity contribution in [2.75, 3.05) is 46.5 Å². The van der Waals surface area contributed by atoms with Crippen LogP contribution < -0.4 is 15.4 Å². The Bertz CT molecular complexity index is 1230. The first kappa shape index (κ1) is 25.5. The average molecular weight is 491 g/mol. The molecule has 8 heteroatoms. The number of benzene rings is 2. The van der Waals surface area contributed by atoms with Gasteiger partial charge in [0.05, 0.1) is 25.9 Å². The van der Waals surface area contributed by atoms with E-state index in [0.717, 1.165) is 62.3 Å². The zero-order valence-electron chi connectivity index (χ0n) is 21.0. The van der Waals surface area contributed by atoms with Crippen LogP contribution in [0.25, 0.3) is 17.0 Å². The molecule has 1 aliphatic heterocycles. The van der Waals surface area contributed by atoms with Crippen LogP contribution in [0.1, 0.15) is 29.3 Å². The van der Waals surface area contributed by atoms with Crippen LogP contribution >= 0.6 is 0 Å². The van der Waals surface area contributed by atoms with Crippen LogP contribution in [0.5, 0.6) is 5.75 Å². The van der Waals surface area contributed by atoms with Crippen LogP contribution in [0.3, 0.4) is 0 Å². The number of rotatable bonds is 10. The number of nitrogens with zero attached hydrogens (tertiary/aromatic N) is 2. The molecular formula is C28H34N4O4. The van der Waals surface area contributed by atoms with Crippen LogP contribution in [0, 0.1) is 0 Å². The second-order valence-corrected chi connectivity index (χ2v) is 8.66. The van der Waals surface area contributed by atoms with Crippen molar-refractivity contribution < 1.29 is 19.1 Å². The summed E-state index contributed by atoms with van der Waals surface area (Å²) in [6.45, 7) is 7.59. The van der Waals surface area contributed by atoms with Crippen LogP contribution in [0.15, 0.2) is 60.4 Å². The quantitative estimate of drug-likeness (QED) is 0.337. The molecule has 0 aliphatic carbocycles. The number of carbonyl (C=O) groups excluding carboxylic acids is 2. The largest absolute Gasteiger partial charge is 0.496 e. The molecular weight excluding hydrogens is 456 g/mol. The zero-order chi connectivity index (χ0) is 25.3. The molecule has 36 heavy (non-hydrogen) atoms. The van der Waals surface area contributed by atoms with Gasteiger partial charge in [-0.1, -0.05) is 30.3 Å². The van der Waals surface area contributed by atoms with Gasteiger partial charge >= 0.3 is 0 Å². The van der Waals surface area contributed by atoms with E-state index in [-0.39, 0.29) is 11.6 Å². The number of nitrogens with one attached hydrogen (secondary N) is 2. The van der Waals surface area contributed by atoms with Crippen molar-refractivity contribution in [3.63, 3.8) is 0 Å². The fraction of sp³-hybridized carbons (Fsp3) is 0.357. The standard InChI is InChI=1S/C28H34N4O4/c1-3-32-20-21(22-9-4-6-11-25(22)32)19-24(30-27(33)23-10-5-7-12-26(23)35-2)28(34)29-13-8-14-31-15-17-36-18-16-31/h4-7,9-12,19-20H,3,8,13-18H2,1-2H3,(H,29,34)(H,30,33)/b24-19-. The molecule has 2 amide bonds. The van der Waals surface area contributed by atoms with Crippen LogP contribution in [-0.2, 0) is 16.1 Å². The predicted molar refractivity (Wildman–Crippen MR) is 141 cm³/mol. The number of carbonyl (C=O) groups is 2. The van der Waals surface area contributed by atoms with Gasteiger partial charge in [0.2, 0.25) is 0 Å². The lowest BCUT2D eigenvalue weighted by Gasteiger charge is -2.26. The van der Waals surface area contributed by atoms with Gasteiger partial charge in [-0.3, -0.25) is 14.5 Å². The van der Waals surface area contributed by atoms with Crippen molar-refractivity contribution in [2.24, 2.45) is 0 Å². The minimum atomic E-state index is -0.401. The van der Waals surface area contributed by atoms with Gasteiger partial charge in [-0.2, -0.15) is 0 Å². The highest BCUT2D eigenvalue weighted by atomic mass is 16.5. The highest BCUT2D eigenvalue weighted by Crippen LogP contribution is 2.24. The highest BCUT2D eigenvalue weighted by molar-refractivity contribution is 6.07. The number of morpholine rings is 1. The van der Waals surface area contributed by atoms with Crippen LogP contribution in [0.2, 0.25) is 0 Å². The van der Waals surface area contributed by atoms with Gasteiger partial charge < -0.3 is 24.7 Å². The second-order valence-electron chi connectivity index (χ2n) is 8.66. The van der Waals surface area contributed by atoms with Crippen molar-refractivity contribution in [1.29, 1.82) is 0 Å². The minimum Gasteiger partial charge on any atom is -0.496 e. The maximum atomic E-state index is 13.3. The number of ether oxygens (including phenoxy) is 2. The molecule has 0 bridgehead atoms. The molecule has 2 heterocycles. The number of aromatic nitrogens is 1. The first-order chi connectivity index (χ1) is 17.6. The summed E-state index contributed by atoms with van der Waals surface area (Å²) in [4.78, 5) is 28.8. The van der Waals surface area contributed by atoms with Crippen molar-refractivity contribution in [3.05, 3.63) is 71.6 Å². The lowest BCUT2D eigenvalue weighted by molar-refractivity contribution is -0.117. The van der Waals surface area contributed by atoms with Crippen molar-refractivity contribution in [1.82, 2.24) is 20.1 Å². The average Bonchev–Trinajstić information content (AvgIpc) is 3.28. The van der Waals surface area contributed by atoms with Gasteiger partial charge in [0, 0.05) is 48.8 Å². The molecule has 190 valence electrons. The Morgan fingerprint density at radius 1 is 1.08 bits per heavy atom.